The molecule has 7 rings (SSSR count). The summed E-state index contributed by atoms with van der Waals surface area (Å²) in [6.45, 7) is 1.57. The quantitative estimate of drug-likeness (QED) is 0.195. The molecule has 0 saturated heterocycles. The lowest BCUT2D eigenvalue weighted by atomic mass is 10.1. The van der Waals surface area contributed by atoms with Gasteiger partial charge in [-0.1, -0.05) is 18.2 Å². The summed E-state index contributed by atoms with van der Waals surface area (Å²) in [4.78, 5) is 43.1. The lowest BCUT2D eigenvalue weighted by Gasteiger charge is -2.07. The zero-order chi connectivity index (χ0) is 27.9. The first kappa shape index (κ1) is 24.6. The smallest absolute Gasteiger partial charge is 0.255 e. The second-order valence-corrected chi connectivity index (χ2v) is 10.6. The van der Waals surface area contributed by atoms with Gasteiger partial charge in [0.1, 0.15) is 5.69 Å². The molecule has 0 aliphatic carbocycles. The minimum Gasteiger partial charge on any atom is -0.353 e. The van der Waals surface area contributed by atoms with Gasteiger partial charge in [-0.2, -0.15) is 5.10 Å². The molecular weight excluding hydrogens is 534 g/mol. The highest BCUT2D eigenvalue weighted by molar-refractivity contribution is 7.17. The number of aromatic amines is 2. The van der Waals surface area contributed by atoms with Crippen LogP contribution in [0.15, 0.2) is 91.5 Å². The van der Waals surface area contributed by atoms with Gasteiger partial charge in [-0.3, -0.25) is 24.7 Å². The van der Waals surface area contributed by atoms with Crippen LogP contribution in [0.25, 0.3) is 55.0 Å². The number of thiophene rings is 1. The number of hydrogen-bond acceptors (Lipinski definition) is 7. The number of rotatable bonds is 6. The van der Waals surface area contributed by atoms with E-state index in [1.807, 2.05) is 54.6 Å². The summed E-state index contributed by atoms with van der Waals surface area (Å²) < 4.78 is 0. The van der Waals surface area contributed by atoms with Crippen LogP contribution in [0.5, 0.6) is 0 Å². The van der Waals surface area contributed by atoms with Crippen LogP contribution < -0.4 is 5.32 Å². The standard InChI is InChI=1S/C31H21N7O2S/c1-17(39)26-7-8-27(41-26)29-22-13-25(36-24(22)9-10-33-29)28-23-12-20(15-34-30(23)38-37-28)19-11-21(16-32-14-19)35-31(40)18-5-3-2-4-6-18/h2-16,36H,1H3,(H,35,40)(H,34,37,38). The number of ketones is 1. The van der Waals surface area contributed by atoms with E-state index in [9.17, 15) is 9.59 Å². The number of pyridine rings is 3. The summed E-state index contributed by atoms with van der Waals surface area (Å²) in [5.74, 6) is -0.170. The average Bonchev–Trinajstić information content (AvgIpc) is 3.75. The van der Waals surface area contributed by atoms with Crippen molar-refractivity contribution < 1.29 is 9.59 Å². The molecule has 6 aromatic heterocycles. The fourth-order valence-corrected chi connectivity index (χ4v) is 5.67. The van der Waals surface area contributed by atoms with Gasteiger partial charge in [-0.15, -0.1) is 11.3 Å². The van der Waals surface area contributed by atoms with Crippen LogP contribution in [0.2, 0.25) is 0 Å². The molecule has 0 saturated carbocycles. The van der Waals surface area contributed by atoms with Gasteiger partial charge >= 0.3 is 0 Å². The number of hydrogen-bond donors (Lipinski definition) is 3. The lowest BCUT2D eigenvalue weighted by molar-refractivity contribution is 0.101. The van der Waals surface area contributed by atoms with Crippen LogP contribution in [0.1, 0.15) is 27.0 Å². The van der Waals surface area contributed by atoms with Crippen molar-refractivity contribution in [1.82, 2.24) is 30.1 Å². The van der Waals surface area contributed by atoms with Crippen molar-refractivity contribution in [3.05, 3.63) is 102 Å². The molecule has 0 radical (unpaired) electrons. The van der Waals surface area contributed by atoms with Gasteiger partial charge in [-0.05, 0) is 55.5 Å². The number of nitrogens with zero attached hydrogens (tertiary/aromatic N) is 4. The number of H-pyrrole nitrogens is 2. The topological polar surface area (TPSA) is 129 Å². The summed E-state index contributed by atoms with van der Waals surface area (Å²) in [6, 6.07) is 20.6. The van der Waals surface area contributed by atoms with Gasteiger partial charge in [0.15, 0.2) is 11.4 Å². The van der Waals surface area contributed by atoms with Crippen LogP contribution in [0.4, 0.5) is 5.69 Å². The molecule has 10 heteroatoms. The normalized spacial score (nSPS) is 11.2. The summed E-state index contributed by atoms with van der Waals surface area (Å²) in [7, 11) is 0. The van der Waals surface area contributed by atoms with E-state index in [4.69, 9.17) is 0 Å². The van der Waals surface area contributed by atoms with Gasteiger partial charge in [-0.25, -0.2) is 4.98 Å². The lowest BCUT2D eigenvalue weighted by Crippen LogP contribution is -2.11. The van der Waals surface area contributed by atoms with E-state index in [0.29, 0.717) is 27.5 Å². The van der Waals surface area contributed by atoms with Crippen LogP contribution in [-0.4, -0.2) is 41.8 Å². The second kappa shape index (κ2) is 9.92. The van der Waals surface area contributed by atoms with Crippen LogP contribution >= 0.6 is 11.3 Å². The predicted octanol–water partition coefficient (Wildman–Crippen LogP) is 6.75. The molecule has 0 aliphatic rings. The fraction of sp³-hybridized carbons (Fsp3) is 0.0323. The minimum absolute atomic E-state index is 0.0359. The largest absolute Gasteiger partial charge is 0.353 e. The number of fused-ring (bicyclic) bond motifs is 2. The van der Waals surface area contributed by atoms with Gasteiger partial charge in [0.05, 0.1) is 33.0 Å². The molecule has 0 unspecified atom stereocenters. The molecule has 41 heavy (non-hydrogen) atoms. The van der Waals surface area contributed by atoms with Gasteiger partial charge in [0.25, 0.3) is 5.91 Å². The Morgan fingerprint density at radius 1 is 0.854 bits per heavy atom. The first-order valence-electron chi connectivity index (χ1n) is 12.8. The summed E-state index contributed by atoms with van der Waals surface area (Å²) in [5, 5.41) is 12.3. The average molecular weight is 556 g/mol. The second-order valence-electron chi connectivity index (χ2n) is 9.50. The molecular formula is C31H21N7O2S. The number of amides is 1. The molecule has 1 amide bonds. The van der Waals surface area contributed by atoms with E-state index in [0.717, 1.165) is 43.7 Å². The maximum atomic E-state index is 12.6. The van der Waals surface area contributed by atoms with E-state index in [1.165, 1.54) is 11.3 Å². The molecule has 6 heterocycles. The molecule has 0 aliphatic heterocycles. The molecule has 7 aromatic rings. The molecule has 198 valence electrons. The van der Waals surface area contributed by atoms with E-state index < -0.39 is 0 Å². The zero-order valence-electron chi connectivity index (χ0n) is 21.7. The highest BCUT2D eigenvalue weighted by Gasteiger charge is 2.17. The van der Waals surface area contributed by atoms with Crippen molar-refractivity contribution in [2.24, 2.45) is 0 Å². The minimum atomic E-state index is -0.206. The van der Waals surface area contributed by atoms with E-state index in [2.05, 4.69) is 35.5 Å². The van der Waals surface area contributed by atoms with Crippen LogP contribution in [0, 0.1) is 0 Å². The number of benzene rings is 1. The SMILES string of the molecule is CC(=O)c1ccc(-c2nccc3[nH]c(-c4n[nH]c5ncc(-c6cncc(NC(=O)c7ccccc7)c6)cc45)cc23)s1. The number of carbonyl (C=O) groups is 2. The third kappa shape index (κ3) is 4.56. The first-order chi connectivity index (χ1) is 20.0. The van der Waals surface area contributed by atoms with Crippen LogP contribution in [0.3, 0.4) is 0 Å². The third-order valence-corrected chi connectivity index (χ3v) is 7.96. The van der Waals surface area contributed by atoms with E-state index in [1.54, 1.807) is 43.8 Å². The van der Waals surface area contributed by atoms with Crippen molar-refractivity contribution in [2.45, 2.75) is 6.92 Å². The van der Waals surface area contributed by atoms with Gasteiger partial charge in [0.2, 0.25) is 0 Å². The Hall–Kier alpha value is -5.48. The molecule has 0 fully saturated rings. The Bertz CT molecular complexity index is 2090. The molecule has 1 aromatic carbocycles. The Morgan fingerprint density at radius 3 is 2.54 bits per heavy atom. The molecule has 0 bridgehead atoms. The van der Waals surface area contributed by atoms with E-state index in [-0.39, 0.29) is 11.7 Å². The van der Waals surface area contributed by atoms with Crippen molar-refractivity contribution in [1.29, 1.82) is 0 Å². The number of anilines is 1. The molecule has 0 spiro atoms. The van der Waals surface area contributed by atoms with Crippen molar-refractivity contribution >= 4 is 50.7 Å². The molecule has 9 nitrogen and oxygen atoms in total. The molecule has 0 atom stereocenters. The number of carbonyl (C=O) groups excluding carboxylic acids is 2. The van der Waals surface area contributed by atoms with Gasteiger partial charge in [0, 0.05) is 51.6 Å². The van der Waals surface area contributed by atoms with Crippen LogP contribution in [-0.2, 0) is 0 Å². The number of Topliss-reactive ketones (excluding diaryl/α,β-unsaturated/α-hetero) is 1. The molecule has 3 N–H and O–H groups in total. The Morgan fingerprint density at radius 2 is 1.71 bits per heavy atom. The predicted molar refractivity (Wildman–Crippen MR) is 160 cm³/mol. The number of nitrogens with one attached hydrogen (secondary N) is 3. The van der Waals surface area contributed by atoms with Crippen molar-refractivity contribution in [2.75, 3.05) is 5.32 Å². The summed E-state index contributed by atoms with van der Waals surface area (Å²) in [6.07, 6.45) is 6.85. The Labute approximate surface area is 237 Å². The van der Waals surface area contributed by atoms with Gasteiger partial charge < -0.3 is 10.3 Å². The first-order valence-corrected chi connectivity index (χ1v) is 13.6. The Kier molecular flexibility index (Phi) is 5.94. The summed E-state index contributed by atoms with van der Waals surface area (Å²) in [5.41, 5.74) is 6.68. The zero-order valence-corrected chi connectivity index (χ0v) is 22.5. The highest BCUT2D eigenvalue weighted by atomic mass is 32.1. The van der Waals surface area contributed by atoms with E-state index >= 15 is 0 Å². The third-order valence-electron chi connectivity index (χ3n) is 6.77. The summed E-state index contributed by atoms with van der Waals surface area (Å²) >= 11 is 1.43. The Balaban J connectivity index is 1.24. The van der Waals surface area contributed by atoms with Crippen molar-refractivity contribution in [3.63, 3.8) is 0 Å². The maximum Gasteiger partial charge on any atom is 0.255 e. The fourth-order valence-electron chi connectivity index (χ4n) is 4.76. The highest BCUT2D eigenvalue weighted by Crippen LogP contribution is 2.36. The number of aromatic nitrogens is 6. The monoisotopic (exact) mass is 555 g/mol. The maximum absolute atomic E-state index is 12.6. The van der Waals surface area contributed by atoms with Crippen molar-refractivity contribution in [3.8, 4) is 33.1 Å².